The monoisotopic (exact) mass is 306 g/mol. The first-order chi connectivity index (χ1) is 9.97. The summed E-state index contributed by atoms with van der Waals surface area (Å²) in [7, 11) is 0. The van der Waals surface area contributed by atoms with E-state index in [2.05, 4.69) is 29.9 Å². The number of amides is 1. The molecule has 4 nitrogen and oxygen atoms in total. The number of morpholine rings is 1. The van der Waals surface area contributed by atoms with Gasteiger partial charge in [-0.1, -0.05) is 0 Å². The smallest absolute Gasteiger partial charge is 0.270 e. The Labute approximate surface area is 129 Å². The Hall–Kier alpha value is -1.33. The number of thiophene rings is 1. The van der Waals surface area contributed by atoms with E-state index in [0.717, 1.165) is 11.1 Å². The van der Waals surface area contributed by atoms with E-state index in [1.807, 2.05) is 24.8 Å². The second-order valence-electron chi connectivity index (χ2n) is 6.14. The van der Waals surface area contributed by atoms with Crippen molar-refractivity contribution in [3.8, 4) is 0 Å². The molecule has 114 valence electrons. The molecule has 1 fully saturated rings. The summed E-state index contributed by atoms with van der Waals surface area (Å²) in [5.41, 5.74) is 0.799. The average Bonchev–Trinajstić information content (AvgIpc) is 2.95. The zero-order chi connectivity index (χ0) is 15.1. The highest BCUT2D eigenvalue weighted by Gasteiger charge is 2.29. The van der Waals surface area contributed by atoms with Gasteiger partial charge in [-0.25, -0.2) is 0 Å². The van der Waals surface area contributed by atoms with Crippen LogP contribution in [0.15, 0.2) is 17.5 Å². The molecular weight excluding hydrogens is 284 g/mol. The molecule has 1 amide bonds. The molecule has 3 heterocycles. The normalized spacial score (nSPS) is 23.2. The fourth-order valence-corrected chi connectivity index (χ4v) is 4.16. The van der Waals surface area contributed by atoms with E-state index in [4.69, 9.17) is 4.74 Å². The lowest BCUT2D eigenvalue weighted by Crippen LogP contribution is -2.48. The molecule has 2 unspecified atom stereocenters. The average molecular weight is 306 g/mol. The van der Waals surface area contributed by atoms with Crippen molar-refractivity contribution in [3.63, 3.8) is 0 Å². The second-order valence-corrected chi connectivity index (χ2v) is 7.04. The molecule has 1 aliphatic heterocycles. The van der Waals surface area contributed by atoms with Crippen LogP contribution in [0.4, 0.5) is 0 Å². The summed E-state index contributed by atoms with van der Waals surface area (Å²) in [6.07, 6.45) is 0.197. The Morgan fingerprint density at radius 1 is 1.33 bits per heavy atom. The minimum atomic E-state index is 0.0984. The van der Waals surface area contributed by atoms with Crippen molar-refractivity contribution in [2.24, 2.45) is 0 Å². The van der Waals surface area contributed by atoms with E-state index in [9.17, 15) is 4.79 Å². The van der Waals surface area contributed by atoms with Crippen molar-refractivity contribution >= 4 is 27.5 Å². The molecule has 2 atom stereocenters. The number of carbonyl (C=O) groups excluding carboxylic acids is 1. The molecule has 5 heteroatoms. The van der Waals surface area contributed by atoms with Crippen molar-refractivity contribution < 1.29 is 9.53 Å². The molecule has 0 bridgehead atoms. The minimum absolute atomic E-state index is 0.0984. The number of hydrogen-bond donors (Lipinski definition) is 0. The molecule has 0 aromatic carbocycles. The summed E-state index contributed by atoms with van der Waals surface area (Å²) >= 11 is 1.70. The molecule has 0 N–H and O–H groups in total. The lowest BCUT2D eigenvalue weighted by Gasteiger charge is -2.35. The maximum absolute atomic E-state index is 12.9. The van der Waals surface area contributed by atoms with Gasteiger partial charge in [-0.05, 0) is 45.2 Å². The number of ether oxygens (including phenoxy) is 1. The number of carbonyl (C=O) groups is 1. The third-order valence-corrected chi connectivity index (χ3v) is 4.81. The van der Waals surface area contributed by atoms with Crippen LogP contribution in [-0.2, 0) is 4.74 Å². The molecule has 0 saturated carbocycles. The third-order valence-electron chi connectivity index (χ3n) is 3.89. The van der Waals surface area contributed by atoms with Crippen molar-refractivity contribution in [2.45, 2.75) is 45.9 Å². The minimum Gasteiger partial charge on any atom is -0.372 e. The van der Waals surface area contributed by atoms with Crippen molar-refractivity contribution in [2.75, 3.05) is 13.1 Å². The maximum atomic E-state index is 12.9. The van der Waals surface area contributed by atoms with Crippen LogP contribution >= 0.6 is 11.3 Å². The van der Waals surface area contributed by atoms with Gasteiger partial charge in [0.05, 0.1) is 12.2 Å². The fraction of sp³-hybridized carbons (Fsp3) is 0.562. The number of rotatable bonds is 2. The van der Waals surface area contributed by atoms with Crippen LogP contribution in [0.5, 0.6) is 0 Å². The van der Waals surface area contributed by atoms with E-state index >= 15 is 0 Å². The molecule has 2 aromatic heterocycles. The summed E-state index contributed by atoms with van der Waals surface area (Å²) in [4.78, 5) is 16.0. The fourth-order valence-electron chi connectivity index (χ4n) is 3.13. The van der Waals surface area contributed by atoms with Crippen LogP contribution in [0, 0.1) is 0 Å². The highest BCUT2D eigenvalue weighted by molar-refractivity contribution is 7.16. The van der Waals surface area contributed by atoms with E-state index in [1.165, 1.54) is 4.83 Å². The van der Waals surface area contributed by atoms with Gasteiger partial charge in [0, 0.05) is 24.5 Å². The molecule has 1 aliphatic rings. The van der Waals surface area contributed by atoms with Crippen LogP contribution in [-0.4, -0.2) is 40.7 Å². The molecule has 3 rings (SSSR count). The Morgan fingerprint density at radius 2 is 2.00 bits per heavy atom. The lowest BCUT2D eigenvalue weighted by molar-refractivity contribution is -0.0588. The Morgan fingerprint density at radius 3 is 2.62 bits per heavy atom. The van der Waals surface area contributed by atoms with Crippen LogP contribution in [0.25, 0.3) is 10.2 Å². The van der Waals surface area contributed by atoms with Crippen LogP contribution in [0.2, 0.25) is 0 Å². The predicted octanol–water partition coefficient (Wildman–Crippen LogP) is 3.53. The van der Waals surface area contributed by atoms with Crippen LogP contribution < -0.4 is 0 Å². The first-order valence-corrected chi connectivity index (χ1v) is 8.38. The largest absolute Gasteiger partial charge is 0.372 e. The van der Waals surface area contributed by atoms with Crippen molar-refractivity contribution in [1.82, 2.24) is 9.47 Å². The lowest BCUT2D eigenvalue weighted by atomic mass is 10.2. The quantitative estimate of drug-likeness (QED) is 0.850. The van der Waals surface area contributed by atoms with Gasteiger partial charge < -0.3 is 14.2 Å². The van der Waals surface area contributed by atoms with E-state index < -0.39 is 0 Å². The highest BCUT2D eigenvalue weighted by Crippen LogP contribution is 2.29. The van der Waals surface area contributed by atoms with Gasteiger partial charge in [-0.15, -0.1) is 11.3 Å². The molecule has 0 aliphatic carbocycles. The van der Waals surface area contributed by atoms with Gasteiger partial charge in [0.2, 0.25) is 0 Å². The second kappa shape index (κ2) is 5.46. The molecular formula is C16H22N2O2S. The molecule has 0 spiro atoms. The molecule has 0 radical (unpaired) electrons. The van der Waals surface area contributed by atoms with Gasteiger partial charge in [0.1, 0.15) is 10.5 Å². The molecule has 21 heavy (non-hydrogen) atoms. The van der Waals surface area contributed by atoms with Crippen LogP contribution in [0.3, 0.4) is 0 Å². The van der Waals surface area contributed by atoms with Gasteiger partial charge in [0.25, 0.3) is 5.91 Å². The standard InChI is InChI=1S/C16H22N2O2S/c1-10(2)18-14(7-13-5-6-21-16(13)18)15(19)17-8-11(3)20-12(4)9-17/h5-7,10-12H,8-9H2,1-4H3. The van der Waals surface area contributed by atoms with E-state index in [-0.39, 0.29) is 24.2 Å². The van der Waals surface area contributed by atoms with Gasteiger partial charge >= 0.3 is 0 Å². The Bertz CT molecular complexity index is 648. The van der Waals surface area contributed by atoms with E-state index in [0.29, 0.717) is 13.1 Å². The number of fused-ring (bicyclic) bond motifs is 1. The van der Waals surface area contributed by atoms with Crippen molar-refractivity contribution in [3.05, 3.63) is 23.2 Å². The zero-order valence-corrected chi connectivity index (χ0v) is 13.8. The SMILES string of the molecule is CC1CN(C(=O)c2cc3ccsc3n2C(C)C)CC(C)O1. The summed E-state index contributed by atoms with van der Waals surface area (Å²) in [6, 6.07) is 4.38. The molecule has 2 aromatic rings. The summed E-state index contributed by atoms with van der Waals surface area (Å²) in [6.45, 7) is 9.63. The first-order valence-electron chi connectivity index (χ1n) is 7.50. The number of aromatic nitrogens is 1. The van der Waals surface area contributed by atoms with Gasteiger partial charge in [-0.2, -0.15) is 0 Å². The highest BCUT2D eigenvalue weighted by atomic mass is 32.1. The maximum Gasteiger partial charge on any atom is 0.270 e. The topological polar surface area (TPSA) is 34.5 Å². The van der Waals surface area contributed by atoms with Gasteiger partial charge in [0.15, 0.2) is 0 Å². The Kier molecular flexibility index (Phi) is 3.80. The summed E-state index contributed by atoms with van der Waals surface area (Å²) < 4.78 is 7.89. The third kappa shape index (κ3) is 2.60. The summed E-state index contributed by atoms with van der Waals surface area (Å²) in [5.74, 6) is 0.120. The van der Waals surface area contributed by atoms with Crippen molar-refractivity contribution in [1.29, 1.82) is 0 Å². The number of hydrogen-bond acceptors (Lipinski definition) is 3. The van der Waals surface area contributed by atoms with Crippen LogP contribution in [0.1, 0.15) is 44.2 Å². The number of nitrogens with zero attached hydrogens (tertiary/aromatic N) is 2. The Balaban J connectivity index is 1.97. The predicted molar refractivity (Wildman–Crippen MR) is 86.1 cm³/mol. The zero-order valence-electron chi connectivity index (χ0n) is 13.0. The molecule has 1 saturated heterocycles. The van der Waals surface area contributed by atoms with Gasteiger partial charge in [-0.3, -0.25) is 4.79 Å². The first kappa shape index (κ1) is 14.6. The summed E-state index contributed by atoms with van der Waals surface area (Å²) in [5, 5.41) is 3.24. The van der Waals surface area contributed by atoms with E-state index in [1.54, 1.807) is 11.3 Å².